The molecule has 4 rings (SSSR count). The Morgan fingerprint density at radius 3 is 2.88 bits per heavy atom. The average molecular weight is 488 g/mol. The number of anilines is 1. The van der Waals surface area contributed by atoms with Gasteiger partial charge in [0.2, 0.25) is 17.6 Å². The van der Waals surface area contributed by atoms with Gasteiger partial charge < -0.3 is 25.2 Å². The van der Waals surface area contributed by atoms with Crippen molar-refractivity contribution >= 4 is 34.9 Å². The van der Waals surface area contributed by atoms with Crippen molar-refractivity contribution in [3.05, 3.63) is 51.9 Å². The van der Waals surface area contributed by atoms with Crippen molar-refractivity contribution in [2.75, 3.05) is 18.0 Å². The maximum Gasteiger partial charge on any atom is 0.373 e. The van der Waals surface area contributed by atoms with E-state index in [1.807, 2.05) is 0 Å². The first-order chi connectivity index (χ1) is 16.3. The molecule has 1 atom stereocenters. The maximum atomic E-state index is 12.6. The van der Waals surface area contributed by atoms with Gasteiger partial charge in [-0.25, -0.2) is 4.98 Å². The molecule has 0 bridgehead atoms. The number of hydrogen-bond donors (Lipinski definition) is 2. The predicted molar refractivity (Wildman–Crippen MR) is 118 cm³/mol. The van der Waals surface area contributed by atoms with Crippen LogP contribution in [0.4, 0.5) is 11.5 Å². The van der Waals surface area contributed by atoms with Crippen LogP contribution in [-0.2, 0) is 9.59 Å². The largest absolute Gasteiger partial charge is 0.433 e. The first-order valence-corrected chi connectivity index (χ1v) is 10.4. The minimum atomic E-state index is -0.777. The number of nitrogens with two attached hydrogens (primary N) is 1. The highest BCUT2D eigenvalue weighted by Gasteiger charge is 2.38. The maximum absolute atomic E-state index is 12.6. The third-order valence-corrected chi connectivity index (χ3v) is 5.30. The zero-order valence-corrected chi connectivity index (χ0v) is 18.3. The van der Waals surface area contributed by atoms with Crippen molar-refractivity contribution < 1.29 is 23.8 Å². The number of halogens is 1. The number of carbonyl (C=O) groups excluding carboxylic acids is 2. The fraction of sp³-hybridized carbons (Fsp3) is 0.250. The summed E-state index contributed by atoms with van der Waals surface area (Å²) in [4.78, 5) is 44.5. The molecule has 3 aromatic rings. The molecule has 1 unspecified atom stereocenters. The molecule has 2 aromatic heterocycles. The van der Waals surface area contributed by atoms with Gasteiger partial charge in [-0.15, -0.1) is 0 Å². The molecule has 13 nitrogen and oxygen atoms in total. The van der Waals surface area contributed by atoms with Crippen molar-refractivity contribution in [2.45, 2.75) is 18.9 Å². The van der Waals surface area contributed by atoms with Crippen molar-refractivity contribution in [3.63, 3.8) is 0 Å². The molecule has 14 heteroatoms. The fourth-order valence-corrected chi connectivity index (χ4v) is 3.80. The molecule has 0 spiro atoms. The van der Waals surface area contributed by atoms with E-state index in [4.69, 9.17) is 26.6 Å². The van der Waals surface area contributed by atoms with Gasteiger partial charge in [0.15, 0.2) is 5.76 Å². The Bertz CT molecular complexity index is 1240. The smallest absolute Gasteiger partial charge is 0.373 e. The monoisotopic (exact) mass is 487 g/mol. The molecule has 3 heterocycles. The van der Waals surface area contributed by atoms with Gasteiger partial charge >= 0.3 is 11.6 Å². The quantitative estimate of drug-likeness (QED) is 0.352. The molecular formula is C20H18ClN7O6. The summed E-state index contributed by atoms with van der Waals surface area (Å²) in [7, 11) is 0. The number of nitrogens with one attached hydrogen (secondary N) is 1. The van der Waals surface area contributed by atoms with Gasteiger partial charge in [-0.2, -0.15) is 4.98 Å². The van der Waals surface area contributed by atoms with E-state index in [0.29, 0.717) is 35.7 Å². The van der Waals surface area contributed by atoms with Crippen LogP contribution in [0.15, 0.2) is 41.3 Å². The van der Waals surface area contributed by atoms with Gasteiger partial charge in [0.1, 0.15) is 18.1 Å². The topological polar surface area (TPSA) is 180 Å². The van der Waals surface area contributed by atoms with Crippen LogP contribution in [0.2, 0.25) is 5.02 Å². The molecule has 176 valence electrons. The van der Waals surface area contributed by atoms with E-state index < -0.39 is 28.5 Å². The number of hydrogen-bond acceptors (Lipinski definition) is 10. The summed E-state index contributed by atoms with van der Waals surface area (Å²) in [6.07, 6.45) is 3.54. The third-order valence-electron chi connectivity index (χ3n) is 5.07. The minimum absolute atomic E-state index is 0.0816. The van der Waals surface area contributed by atoms with Crippen LogP contribution in [0.1, 0.15) is 12.8 Å². The number of carbonyl (C=O) groups is 2. The molecule has 34 heavy (non-hydrogen) atoms. The van der Waals surface area contributed by atoms with Crippen molar-refractivity contribution in [3.8, 4) is 23.0 Å². The highest BCUT2D eigenvalue weighted by Crippen LogP contribution is 2.41. The zero-order valence-electron chi connectivity index (χ0n) is 17.5. The normalized spacial score (nSPS) is 15.2. The van der Waals surface area contributed by atoms with E-state index in [-0.39, 0.29) is 24.0 Å². The lowest BCUT2D eigenvalue weighted by Crippen LogP contribution is -2.46. The molecule has 1 aromatic carbocycles. The Labute approximate surface area is 197 Å². The second kappa shape index (κ2) is 9.70. The molecule has 2 amide bonds. The molecule has 1 fully saturated rings. The van der Waals surface area contributed by atoms with Crippen LogP contribution in [0.5, 0.6) is 11.6 Å². The summed E-state index contributed by atoms with van der Waals surface area (Å²) >= 11 is 6.10. The highest BCUT2D eigenvalue weighted by molar-refractivity contribution is 6.30. The van der Waals surface area contributed by atoms with Gasteiger partial charge in [-0.05, 0) is 31.0 Å². The second-order valence-corrected chi connectivity index (χ2v) is 7.70. The third kappa shape index (κ3) is 4.73. The van der Waals surface area contributed by atoms with Crippen LogP contribution in [0.25, 0.3) is 11.3 Å². The number of aromatic nitrogens is 3. The summed E-state index contributed by atoms with van der Waals surface area (Å²) in [6.45, 7) is -0.0133. The minimum Gasteiger partial charge on any atom is -0.433 e. The summed E-state index contributed by atoms with van der Waals surface area (Å²) in [5, 5.41) is 18.5. The van der Waals surface area contributed by atoms with Crippen molar-refractivity contribution in [2.24, 2.45) is 5.73 Å². The van der Waals surface area contributed by atoms with Crippen LogP contribution in [-0.4, -0.2) is 51.0 Å². The van der Waals surface area contributed by atoms with E-state index in [1.165, 1.54) is 17.2 Å². The number of ether oxygens (including phenoxy) is 1. The highest BCUT2D eigenvalue weighted by atomic mass is 35.5. The lowest BCUT2D eigenvalue weighted by Gasteiger charge is -2.24. The summed E-state index contributed by atoms with van der Waals surface area (Å²) in [5.41, 5.74) is 4.98. The van der Waals surface area contributed by atoms with Gasteiger partial charge in [-0.3, -0.25) is 19.7 Å². The first-order valence-electron chi connectivity index (χ1n) is 10.1. The molecule has 1 saturated heterocycles. The Morgan fingerprint density at radius 1 is 1.35 bits per heavy atom. The van der Waals surface area contributed by atoms with E-state index in [1.54, 1.807) is 18.2 Å². The van der Waals surface area contributed by atoms with E-state index in [0.717, 1.165) is 6.33 Å². The second-order valence-electron chi connectivity index (χ2n) is 7.26. The zero-order chi connectivity index (χ0) is 24.2. The Kier molecular flexibility index (Phi) is 6.54. The van der Waals surface area contributed by atoms with Crippen molar-refractivity contribution in [1.29, 1.82) is 0 Å². The van der Waals surface area contributed by atoms with Gasteiger partial charge in [0.25, 0.3) is 0 Å². The predicted octanol–water partition coefficient (Wildman–Crippen LogP) is 2.06. The number of nitro groups is 1. The van der Waals surface area contributed by atoms with Gasteiger partial charge in [-0.1, -0.05) is 16.8 Å². The number of benzene rings is 1. The number of nitrogens with zero attached hydrogens (tertiary/aromatic N) is 5. The standard InChI is InChI=1S/C20H18ClN7O6/c21-11-3-4-14(12(8-11)15-5-6-26-34-15)33-20-17(28(31)32)18(24-10-25-20)27-7-1-2-13(27)19(30)23-9-16(22)29/h3-6,8,10,13H,1-2,7,9H2,(H2,22,29)(H,23,30). The molecular weight excluding hydrogens is 470 g/mol. The Morgan fingerprint density at radius 2 is 2.18 bits per heavy atom. The molecule has 1 aliphatic heterocycles. The lowest BCUT2D eigenvalue weighted by molar-refractivity contribution is -0.385. The van der Waals surface area contributed by atoms with E-state index in [9.17, 15) is 19.7 Å². The lowest BCUT2D eigenvalue weighted by atomic mass is 10.1. The van der Waals surface area contributed by atoms with Crippen LogP contribution in [0, 0.1) is 10.1 Å². The van der Waals surface area contributed by atoms with Crippen LogP contribution in [0.3, 0.4) is 0 Å². The molecule has 0 saturated carbocycles. The summed E-state index contributed by atoms with van der Waals surface area (Å²) < 4.78 is 11.0. The van der Waals surface area contributed by atoms with E-state index in [2.05, 4.69) is 20.4 Å². The average Bonchev–Trinajstić information content (AvgIpc) is 3.50. The van der Waals surface area contributed by atoms with Crippen LogP contribution >= 0.6 is 11.6 Å². The molecule has 1 aliphatic rings. The summed E-state index contributed by atoms with van der Waals surface area (Å²) in [6, 6.07) is 5.43. The molecule has 0 aliphatic carbocycles. The molecule has 0 radical (unpaired) electrons. The first kappa shape index (κ1) is 22.9. The molecule has 3 N–H and O–H groups in total. The SMILES string of the molecule is NC(=O)CNC(=O)C1CCCN1c1ncnc(Oc2ccc(Cl)cc2-c2ccno2)c1[N+](=O)[O-]. The number of amides is 2. The van der Waals surface area contributed by atoms with Crippen LogP contribution < -0.4 is 20.7 Å². The number of primary amides is 1. The fourth-order valence-electron chi connectivity index (χ4n) is 3.63. The van der Waals surface area contributed by atoms with Gasteiger partial charge in [0.05, 0.1) is 23.2 Å². The van der Waals surface area contributed by atoms with Gasteiger partial charge in [0, 0.05) is 17.6 Å². The van der Waals surface area contributed by atoms with E-state index >= 15 is 0 Å². The van der Waals surface area contributed by atoms with Crippen molar-refractivity contribution in [1.82, 2.24) is 20.4 Å². The Balaban J connectivity index is 1.70. The summed E-state index contributed by atoms with van der Waals surface area (Å²) in [5.74, 6) is -1.08. The number of rotatable bonds is 8. The Hall–Kier alpha value is -4.26.